The molecule has 0 rings (SSSR count). The van der Waals surface area contributed by atoms with Crippen LogP contribution in [0.1, 0.15) is 46.5 Å². The molecular formula is C15H30O3Si. The van der Waals surface area contributed by atoms with Crippen molar-refractivity contribution in [2.24, 2.45) is 0 Å². The van der Waals surface area contributed by atoms with Gasteiger partial charge in [0.1, 0.15) is 0 Å². The topological polar surface area (TPSA) is 35.5 Å². The molecule has 0 aromatic heterocycles. The van der Waals surface area contributed by atoms with Crippen LogP contribution in [0.3, 0.4) is 0 Å². The first-order valence-corrected chi connectivity index (χ1v) is 10.1. The zero-order chi connectivity index (χ0) is 14.6. The van der Waals surface area contributed by atoms with Crippen LogP contribution in [-0.4, -0.2) is 27.5 Å². The molecule has 0 aliphatic heterocycles. The minimum atomic E-state index is -1.48. The van der Waals surface area contributed by atoms with Gasteiger partial charge in [-0.2, -0.15) is 0 Å². The van der Waals surface area contributed by atoms with Crippen LogP contribution in [0.25, 0.3) is 0 Å². The molecule has 0 fully saturated rings. The van der Waals surface area contributed by atoms with E-state index < -0.39 is 8.32 Å². The maximum atomic E-state index is 10.9. The molecule has 0 saturated heterocycles. The maximum absolute atomic E-state index is 10.9. The fraction of sp³-hybridized carbons (Fsp3) is 0.800. The highest BCUT2D eigenvalue weighted by molar-refractivity contribution is 6.73. The number of hydrogen-bond donors (Lipinski definition) is 0. The van der Waals surface area contributed by atoms with Gasteiger partial charge in [-0.05, 0) is 31.5 Å². The Balaban J connectivity index is 3.86. The van der Waals surface area contributed by atoms with Gasteiger partial charge in [-0.15, -0.1) is 0 Å². The van der Waals surface area contributed by atoms with Crippen molar-refractivity contribution in [3.8, 4) is 0 Å². The predicted octanol–water partition coefficient (Wildman–Crippen LogP) is 4.30. The van der Waals surface area contributed by atoms with Crippen LogP contribution in [0.2, 0.25) is 18.1 Å². The van der Waals surface area contributed by atoms with Gasteiger partial charge in [0.2, 0.25) is 0 Å². The molecule has 0 aliphatic rings. The van der Waals surface area contributed by atoms with Crippen molar-refractivity contribution in [2.45, 2.75) is 64.6 Å². The lowest BCUT2D eigenvalue weighted by Gasteiger charge is -2.29. The first kappa shape index (κ1) is 18.4. The SMILES string of the molecule is C=CC(=O)OCCCCC[Si](CC)(CCC)OCC. The number of unbranched alkanes of at least 4 members (excludes halogenated alkanes) is 2. The summed E-state index contributed by atoms with van der Waals surface area (Å²) in [5.41, 5.74) is 0. The molecule has 0 aromatic carbocycles. The zero-order valence-electron chi connectivity index (χ0n) is 12.9. The van der Waals surface area contributed by atoms with Crippen LogP contribution in [0.15, 0.2) is 12.7 Å². The molecule has 3 nitrogen and oxygen atoms in total. The second-order valence-corrected chi connectivity index (χ2v) is 9.26. The molecule has 0 aliphatic carbocycles. The molecule has 0 bridgehead atoms. The summed E-state index contributed by atoms with van der Waals surface area (Å²) in [5.74, 6) is -0.322. The van der Waals surface area contributed by atoms with Crippen molar-refractivity contribution in [1.82, 2.24) is 0 Å². The summed E-state index contributed by atoms with van der Waals surface area (Å²) in [4.78, 5) is 10.9. The highest BCUT2D eigenvalue weighted by atomic mass is 28.4. The average Bonchev–Trinajstić information content (AvgIpc) is 2.42. The first-order valence-electron chi connectivity index (χ1n) is 7.57. The highest BCUT2D eigenvalue weighted by Gasteiger charge is 2.30. The molecule has 1 unspecified atom stereocenters. The maximum Gasteiger partial charge on any atom is 0.330 e. The number of ether oxygens (including phenoxy) is 1. The molecule has 0 spiro atoms. The normalized spacial score (nSPS) is 13.8. The van der Waals surface area contributed by atoms with E-state index in [1.54, 1.807) is 0 Å². The van der Waals surface area contributed by atoms with Gasteiger partial charge < -0.3 is 9.16 Å². The van der Waals surface area contributed by atoms with E-state index >= 15 is 0 Å². The van der Waals surface area contributed by atoms with Crippen molar-refractivity contribution in [3.05, 3.63) is 12.7 Å². The number of carbonyl (C=O) groups excluding carboxylic acids is 1. The van der Waals surface area contributed by atoms with E-state index in [0.29, 0.717) is 6.61 Å². The monoisotopic (exact) mass is 286 g/mol. The fourth-order valence-corrected chi connectivity index (χ4v) is 6.31. The van der Waals surface area contributed by atoms with Crippen LogP contribution >= 0.6 is 0 Å². The minimum absolute atomic E-state index is 0.322. The summed E-state index contributed by atoms with van der Waals surface area (Å²) in [6, 6.07) is 3.71. The zero-order valence-corrected chi connectivity index (χ0v) is 13.9. The first-order chi connectivity index (χ1) is 9.14. The van der Waals surface area contributed by atoms with Gasteiger partial charge in [-0.25, -0.2) is 4.79 Å². The van der Waals surface area contributed by atoms with Crippen molar-refractivity contribution < 1.29 is 14.0 Å². The van der Waals surface area contributed by atoms with E-state index in [1.807, 2.05) is 0 Å². The predicted molar refractivity (Wildman–Crippen MR) is 82.8 cm³/mol. The lowest BCUT2D eigenvalue weighted by molar-refractivity contribution is -0.137. The highest BCUT2D eigenvalue weighted by Crippen LogP contribution is 2.26. The summed E-state index contributed by atoms with van der Waals surface area (Å²) in [5, 5.41) is 0. The summed E-state index contributed by atoms with van der Waals surface area (Å²) in [6.07, 6.45) is 5.66. The Labute approximate surface area is 119 Å². The van der Waals surface area contributed by atoms with E-state index in [-0.39, 0.29) is 5.97 Å². The Hall–Kier alpha value is -0.613. The molecule has 0 heterocycles. The fourth-order valence-electron chi connectivity index (χ4n) is 2.44. The third kappa shape index (κ3) is 8.21. The Kier molecular flexibility index (Phi) is 10.9. The van der Waals surface area contributed by atoms with Gasteiger partial charge in [0.15, 0.2) is 8.32 Å². The van der Waals surface area contributed by atoms with Crippen LogP contribution in [0, 0.1) is 0 Å². The third-order valence-corrected chi connectivity index (χ3v) is 8.35. The van der Waals surface area contributed by atoms with Crippen molar-refractivity contribution >= 4 is 14.3 Å². The Bertz CT molecular complexity index is 248. The molecule has 0 saturated carbocycles. The van der Waals surface area contributed by atoms with Crippen molar-refractivity contribution in [3.63, 3.8) is 0 Å². The number of hydrogen-bond acceptors (Lipinski definition) is 3. The van der Waals surface area contributed by atoms with Gasteiger partial charge in [0.25, 0.3) is 0 Å². The third-order valence-electron chi connectivity index (χ3n) is 3.49. The van der Waals surface area contributed by atoms with E-state index in [9.17, 15) is 4.79 Å². The van der Waals surface area contributed by atoms with Gasteiger partial charge in [0, 0.05) is 12.7 Å². The summed E-state index contributed by atoms with van der Waals surface area (Å²) in [6.45, 7) is 11.3. The molecule has 19 heavy (non-hydrogen) atoms. The quantitative estimate of drug-likeness (QED) is 0.232. The van der Waals surface area contributed by atoms with E-state index in [0.717, 1.165) is 19.4 Å². The molecule has 0 radical (unpaired) electrons. The van der Waals surface area contributed by atoms with Gasteiger partial charge >= 0.3 is 5.97 Å². The number of esters is 1. The van der Waals surface area contributed by atoms with Crippen molar-refractivity contribution in [1.29, 1.82) is 0 Å². The summed E-state index contributed by atoms with van der Waals surface area (Å²) in [7, 11) is -1.48. The van der Waals surface area contributed by atoms with Gasteiger partial charge in [-0.1, -0.05) is 39.7 Å². The Morgan fingerprint density at radius 2 is 1.89 bits per heavy atom. The van der Waals surface area contributed by atoms with Crippen LogP contribution in [0.5, 0.6) is 0 Å². The smallest absolute Gasteiger partial charge is 0.330 e. The lowest BCUT2D eigenvalue weighted by Crippen LogP contribution is -2.37. The van der Waals surface area contributed by atoms with E-state index in [4.69, 9.17) is 9.16 Å². The standard InChI is InChI=1S/C15H30O3Si/c1-5-13-19(8-4,18-7-3)14-11-9-10-12-17-15(16)6-2/h6H,2,5,7-14H2,1,3-4H3. The van der Waals surface area contributed by atoms with Crippen molar-refractivity contribution in [2.75, 3.05) is 13.2 Å². The summed E-state index contributed by atoms with van der Waals surface area (Å²) < 4.78 is 11.1. The molecule has 112 valence electrons. The number of rotatable bonds is 12. The van der Waals surface area contributed by atoms with E-state index in [1.165, 1.54) is 37.0 Å². The van der Waals surface area contributed by atoms with Crippen LogP contribution < -0.4 is 0 Å². The van der Waals surface area contributed by atoms with Gasteiger partial charge in [0.05, 0.1) is 6.61 Å². The lowest BCUT2D eigenvalue weighted by atomic mass is 10.3. The van der Waals surface area contributed by atoms with E-state index in [2.05, 4.69) is 27.4 Å². The molecule has 4 heteroatoms. The average molecular weight is 286 g/mol. The minimum Gasteiger partial charge on any atom is -0.463 e. The molecule has 0 amide bonds. The van der Waals surface area contributed by atoms with Gasteiger partial charge in [-0.3, -0.25) is 0 Å². The van der Waals surface area contributed by atoms with Crippen LogP contribution in [-0.2, 0) is 14.0 Å². The largest absolute Gasteiger partial charge is 0.463 e. The second-order valence-electron chi connectivity index (χ2n) is 4.90. The summed E-state index contributed by atoms with van der Waals surface area (Å²) >= 11 is 0. The Morgan fingerprint density at radius 3 is 2.42 bits per heavy atom. The van der Waals surface area contributed by atoms with Crippen LogP contribution in [0.4, 0.5) is 0 Å². The molecule has 0 N–H and O–H groups in total. The molecular weight excluding hydrogens is 256 g/mol. The molecule has 0 aromatic rings. The second kappa shape index (κ2) is 11.2. The Morgan fingerprint density at radius 1 is 1.16 bits per heavy atom. The molecule has 1 atom stereocenters. The number of carbonyl (C=O) groups is 1.